The number of rotatable bonds is 17. The van der Waals surface area contributed by atoms with Crippen molar-refractivity contribution in [3.63, 3.8) is 0 Å². The van der Waals surface area contributed by atoms with Gasteiger partial charge in [0.15, 0.2) is 23.6 Å². The number of aliphatic hydroxyl groups is 1. The monoisotopic (exact) mass is 803 g/mol. The molecule has 0 aromatic carbocycles. The lowest BCUT2D eigenvalue weighted by Crippen LogP contribution is -2.39. The molecule has 3 aromatic heterocycles. The lowest BCUT2D eigenvalue weighted by molar-refractivity contribution is -0.0578. The number of aromatic nitrogens is 6. The smallest absolute Gasteiger partial charge is 0.388 e. The molecule has 2 aliphatic rings. The summed E-state index contributed by atoms with van der Waals surface area (Å²) >= 11 is 0. The summed E-state index contributed by atoms with van der Waals surface area (Å²) in [7, 11) is -13.4. The first-order valence-electron chi connectivity index (χ1n) is 15.0. The molecule has 0 saturated carbocycles. The molecule has 2 fully saturated rings. The predicted octanol–water partition coefficient (Wildman–Crippen LogP) is -2.19. The van der Waals surface area contributed by atoms with Gasteiger partial charge >= 0.3 is 29.1 Å². The minimum Gasteiger partial charge on any atom is -0.388 e. The fraction of sp³-hybridized carbons (Fsp3) is 0.609. The maximum Gasteiger partial charge on any atom is 0.469 e. The number of methoxy groups -OCH3 is 1. The van der Waals surface area contributed by atoms with Crippen LogP contribution in [0.15, 0.2) is 28.2 Å². The highest BCUT2D eigenvalue weighted by Gasteiger charge is 2.51. The van der Waals surface area contributed by atoms with Crippen molar-refractivity contribution in [3.8, 4) is 0 Å². The average molecular weight is 804 g/mol. The van der Waals surface area contributed by atoms with Crippen molar-refractivity contribution in [1.29, 1.82) is 0 Å². The largest absolute Gasteiger partial charge is 0.469 e. The maximum absolute atomic E-state index is 14.4. The van der Waals surface area contributed by atoms with Crippen LogP contribution in [0.2, 0.25) is 0 Å². The number of aliphatic hydroxyl groups excluding tert-OH is 1. The molecule has 0 radical (unpaired) electrons. The Labute approximate surface area is 291 Å². The molecule has 0 spiro atoms. The standard InChI is InChI=1S/C23H36N9O17P3/c1-43-17-16(13(9-46-52(40,41)42)48-21(17)32-10-26-15-18(32)29-22(25)30-19(15)34)49-50(36,27-4-2-6-44-51(37,38)39)45-8-11-7-12(33)20(47-11)31-5-3-14(24)28-23(31)35/h3,5,10-13,16-17,20-21,33H,2,4,6-9H2,1H3,(H,27,36)(H2,24,28,35)(H2,37,38,39)(H2,40,41,42)(H3,25,29,30,34)/t11-,12+,13+,16+,17+,20+,21+,50+/m0/s1. The number of anilines is 2. The summed E-state index contributed by atoms with van der Waals surface area (Å²) in [5.41, 5.74) is 9.53. The Hall–Kier alpha value is -3.00. The second kappa shape index (κ2) is 16.2. The van der Waals surface area contributed by atoms with E-state index in [1.54, 1.807) is 0 Å². The van der Waals surface area contributed by atoms with Crippen LogP contribution in [0, 0.1) is 0 Å². The van der Waals surface area contributed by atoms with Crippen LogP contribution in [0.5, 0.6) is 0 Å². The van der Waals surface area contributed by atoms with Crippen molar-refractivity contribution in [2.45, 2.75) is 55.8 Å². The predicted molar refractivity (Wildman–Crippen MR) is 172 cm³/mol. The summed E-state index contributed by atoms with van der Waals surface area (Å²) < 4.78 is 77.5. The van der Waals surface area contributed by atoms with Crippen LogP contribution >= 0.6 is 23.4 Å². The fourth-order valence-electron chi connectivity index (χ4n) is 5.38. The van der Waals surface area contributed by atoms with E-state index in [0.717, 1.165) is 10.9 Å². The zero-order valence-electron chi connectivity index (χ0n) is 26.9. The van der Waals surface area contributed by atoms with Gasteiger partial charge < -0.3 is 50.4 Å². The lowest BCUT2D eigenvalue weighted by Gasteiger charge is -2.28. The van der Waals surface area contributed by atoms with E-state index in [4.69, 9.17) is 44.5 Å². The quantitative estimate of drug-likeness (QED) is 0.0517. The number of nitrogens with two attached hydrogens (primary N) is 2. The molecule has 2 saturated heterocycles. The Kier molecular flexibility index (Phi) is 12.5. The number of imidazole rings is 1. The minimum absolute atomic E-state index is 0.0590. The molecule has 29 heteroatoms. The number of nitrogen functional groups attached to an aromatic ring is 2. The van der Waals surface area contributed by atoms with Gasteiger partial charge in [-0.1, -0.05) is 0 Å². The van der Waals surface area contributed by atoms with Gasteiger partial charge in [0.2, 0.25) is 5.95 Å². The number of H-pyrrole nitrogens is 1. The number of hydrogen-bond acceptors (Lipinski definition) is 18. The number of ether oxygens (including phenoxy) is 3. The number of hydrogen-bond donors (Lipinski definition) is 9. The molecule has 26 nitrogen and oxygen atoms in total. The van der Waals surface area contributed by atoms with Crippen molar-refractivity contribution >= 4 is 46.3 Å². The number of nitrogens with one attached hydrogen (secondary N) is 2. The van der Waals surface area contributed by atoms with Gasteiger partial charge in [0.1, 0.15) is 30.2 Å². The van der Waals surface area contributed by atoms with E-state index in [2.05, 4.69) is 34.1 Å². The first-order chi connectivity index (χ1) is 24.4. The first kappa shape index (κ1) is 40.2. The van der Waals surface area contributed by atoms with Crippen LogP contribution in [0.3, 0.4) is 0 Å². The SMILES string of the molecule is CO[C@@H]1[C@H](O[P@@](=O)(NCCCOP(=O)(O)O)OC[C@@H]2C[C@@H](O)[C@H](n3ccc(N)nc3=O)O2)[C@@H](COP(=O)(O)O)O[C@H]1n1cnc2c(=O)[nH]c(N)nc21. The summed E-state index contributed by atoms with van der Waals surface area (Å²) in [6.45, 7) is -2.17. The van der Waals surface area contributed by atoms with Crippen LogP contribution in [-0.2, 0) is 46.0 Å². The van der Waals surface area contributed by atoms with E-state index >= 15 is 0 Å². The zero-order chi connectivity index (χ0) is 38.0. The van der Waals surface area contributed by atoms with Crippen molar-refractivity contribution in [2.75, 3.05) is 44.9 Å². The molecular weight excluding hydrogens is 767 g/mol. The highest BCUT2D eigenvalue weighted by molar-refractivity contribution is 7.51. The second-order valence-electron chi connectivity index (χ2n) is 11.3. The molecule has 11 N–H and O–H groups in total. The molecule has 3 aromatic rings. The maximum atomic E-state index is 14.4. The Morgan fingerprint density at radius 3 is 2.40 bits per heavy atom. The highest BCUT2D eigenvalue weighted by Crippen LogP contribution is 2.51. The molecule has 2 aliphatic heterocycles. The number of fused-ring (bicyclic) bond motifs is 1. The molecule has 5 rings (SSSR count). The average Bonchev–Trinajstić information content (AvgIpc) is 3.72. The van der Waals surface area contributed by atoms with Crippen molar-refractivity contribution in [1.82, 2.24) is 34.2 Å². The van der Waals surface area contributed by atoms with Crippen LogP contribution in [-0.4, -0.2) is 118 Å². The van der Waals surface area contributed by atoms with Crippen LogP contribution in [0.25, 0.3) is 11.2 Å². The van der Waals surface area contributed by atoms with Gasteiger partial charge in [-0.15, -0.1) is 0 Å². The van der Waals surface area contributed by atoms with E-state index < -0.39 is 97.4 Å². The molecule has 0 bridgehead atoms. The Balaban J connectivity index is 1.40. The number of phosphoric ester groups is 2. The first-order valence-corrected chi connectivity index (χ1v) is 19.6. The third-order valence-electron chi connectivity index (χ3n) is 7.56. The molecular formula is C23H36N9O17P3. The van der Waals surface area contributed by atoms with E-state index in [1.165, 1.54) is 23.9 Å². The van der Waals surface area contributed by atoms with Gasteiger partial charge in [-0.2, -0.15) is 9.97 Å². The highest BCUT2D eigenvalue weighted by atomic mass is 31.2. The summed E-state index contributed by atoms with van der Waals surface area (Å²) in [4.78, 5) is 75.6. The normalized spacial score (nSPS) is 26.6. The van der Waals surface area contributed by atoms with Crippen molar-refractivity contribution in [2.24, 2.45) is 0 Å². The Morgan fingerprint density at radius 1 is 1.00 bits per heavy atom. The van der Waals surface area contributed by atoms with Crippen molar-refractivity contribution in [3.05, 3.63) is 39.4 Å². The van der Waals surface area contributed by atoms with Crippen LogP contribution < -0.4 is 27.8 Å². The minimum atomic E-state index is -5.11. The molecule has 5 heterocycles. The van der Waals surface area contributed by atoms with Gasteiger partial charge in [-0.25, -0.2) is 28.6 Å². The van der Waals surface area contributed by atoms with E-state index in [0.29, 0.717) is 0 Å². The molecule has 290 valence electrons. The van der Waals surface area contributed by atoms with E-state index in [-0.39, 0.29) is 42.3 Å². The van der Waals surface area contributed by atoms with E-state index in [9.17, 15) is 38.2 Å². The number of phosphoric acid groups is 2. The van der Waals surface area contributed by atoms with Gasteiger partial charge in [0.05, 0.1) is 32.3 Å². The number of aromatic amines is 1. The molecule has 0 aliphatic carbocycles. The number of nitrogens with zero attached hydrogens (tertiary/aromatic N) is 5. The zero-order valence-corrected chi connectivity index (χ0v) is 29.6. The van der Waals surface area contributed by atoms with Gasteiger partial charge in [0, 0.05) is 26.3 Å². The van der Waals surface area contributed by atoms with Crippen LogP contribution in [0.4, 0.5) is 11.8 Å². The van der Waals surface area contributed by atoms with Gasteiger partial charge in [0.25, 0.3) is 5.56 Å². The van der Waals surface area contributed by atoms with Gasteiger partial charge in [-0.3, -0.25) is 37.0 Å². The third kappa shape index (κ3) is 9.95. The molecule has 52 heavy (non-hydrogen) atoms. The Morgan fingerprint density at radius 2 is 1.73 bits per heavy atom. The molecule has 0 amide bonds. The van der Waals surface area contributed by atoms with Gasteiger partial charge in [-0.05, 0) is 12.5 Å². The summed E-state index contributed by atoms with van der Waals surface area (Å²) in [6, 6.07) is 1.31. The Bertz CT molecular complexity index is 1980. The second-order valence-corrected chi connectivity index (χ2v) is 15.5. The molecule has 0 unspecified atom stereocenters. The van der Waals surface area contributed by atoms with Crippen molar-refractivity contribution < 1.29 is 70.7 Å². The summed E-state index contributed by atoms with van der Waals surface area (Å²) in [5, 5.41) is 13.2. The van der Waals surface area contributed by atoms with Crippen LogP contribution in [0.1, 0.15) is 25.3 Å². The van der Waals surface area contributed by atoms with E-state index in [1.807, 2.05) is 0 Å². The summed E-state index contributed by atoms with van der Waals surface area (Å²) in [5.74, 6) is -0.333. The topological polar surface area (TPSA) is 380 Å². The molecule has 8 atom stereocenters. The third-order valence-corrected chi connectivity index (χ3v) is 10.2. The summed E-state index contributed by atoms with van der Waals surface area (Å²) in [6.07, 6.45) is -6.91. The fourth-order valence-corrected chi connectivity index (χ4v) is 7.68. The lowest BCUT2D eigenvalue weighted by atomic mass is 10.1.